The maximum atomic E-state index is 5.35. The average molecular weight is 1120 g/mol. The topological polar surface area (TPSA) is 58.4 Å². The van der Waals surface area contributed by atoms with Crippen molar-refractivity contribution in [3.63, 3.8) is 0 Å². The highest BCUT2D eigenvalue weighted by atomic mass is 15.0. The molecule has 1 aliphatic rings. The average Bonchev–Trinajstić information content (AvgIpc) is 2.08. The lowest BCUT2D eigenvalue weighted by Crippen LogP contribution is -2.02. The molecule has 0 unspecified atom stereocenters. The van der Waals surface area contributed by atoms with Crippen LogP contribution in [0.4, 0.5) is 0 Å². The highest BCUT2D eigenvalue weighted by molar-refractivity contribution is 6.13. The summed E-state index contributed by atoms with van der Waals surface area (Å²) in [4.78, 5) is 15.8. The number of para-hydroxylation sites is 6. The van der Waals surface area contributed by atoms with E-state index in [2.05, 4.69) is 297 Å². The summed E-state index contributed by atoms with van der Waals surface area (Å²) in [6.45, 7) is 0. The van der Waals surface area contributed by atoms with E-state index in [-0.39, 0.29) is 0 Å². The largest absolute Gasteiger partial charge is 0.310 e. The fourth-order valence-corrected chi connectivity index (χ4v) is 14.2. The van der Waals surface area contributed by atoms with Crippen LogP contribution in [-0.4, -0.2) is 33.2 Å². The second kappa shape index (κ2) is 20.0. The van der Waals surface area contributed by atoms with Crippen molar-refractivity contribution >= 4 is 82.4 Å². The van der Waals surface area contributed by atoms with Crippen molar-refractivity contribution in [3.05, 3.63) is 302 Å². The Labute approximate surface area is 507 Å². The maximum Gasteiger partial charge on any atom is 0.164 e. The number of hydrogen-bond donors (Lipinski definition) is 0. The summed E-state index contributed by atoms with van der Waals surface area (Å²) in [5.41, 5.74) is 22.2. The third-order valence-corrected chi connectivity index (χ3v) is 18.1. The molecule has 0 spiro atoms. The van der Waals surface area contributed by atoms with Gasteiger partial charge in [0, 0.05) is 82.7 Å². The minimum absolute atomic E-state index is 0.602. The van der Waals surface area contributed by atoms with Crippen molar-refractivity contribution in [3.8, 4) is 79.2 Å². The molecule has 0 saturated heterocycles. The first kappa shape index (κ1) is 49.7. The molecule has 0 amide bonds. The Kier molecular flexibility index (Phi) is 11.3. The van der Waals surface area contributed by atoms with Gasteiger partial charge in [-0.3, -0.25) is 0 Å². The molecule has 17 aromatic rings. The second-order valence-corrected chi connectivity index (χ2v) is 23.0. The van der Waals surface area contributed by atoms with Crippen LogP contribution in [0.25, 0.3) is 162 Å². The summed E-state index contributed by atoms with van der Waals surface area (Å²) in [6, 6.07) is 103. The number of fused-ring (bicyclic) bond motifs is 12. The molecule has 0 N–H and O–H groups in total. The molecule has 5 aromatic heterocycles. The van der Waals surface area contributed by atoms with Crippen LogP contribution in [0.3, 0.4) is 0 Å². The normalized spacial score (nSPS) is 12.4. The number of nitrogens with zero attached hydrogens (tertiary/aromatic N) is 7. The lowest BCUT2D eigenvalue weighted by atomic mass is 9.95. The zero-order valence-corrected chi connectivity index (χ0v) is 47.8. The van der Waals surface area contributed by atoms with E-state index in [4.69, 9.17) is 15.0 Å². The highest BCUT2D eigenvalue weighted by Crippen LogP contribution is 2.43. The lowest BCUT2D eigenvalue weighted by Gasteiger charge is -2.18. The number of allylic oxidation sites excluding steroid dienone is 1. The summed E-state index contributed by atoms with van der Waals surface area (Å²) in [5.74, 6) is 1.83. The van der Waals surface area contributed by atoms with Crippen molar-refractivity contribution < 1.29 is 0 Å². The summed E-state index contributed by atoms with van der Waals surface area (Å²) in [6.07, 6.45) is 6.63. The predicted octanol–water partition coefficient (Wildman–Crippen LogP) is 20.4. The van der Waals surface area contributed by atoms with Gasteiger partial charge in [0.1, 0.15) is 0 Å². The maximum absolute atomic E-state index is 5.35. The molecule has 0 radical (unpaired) electrons. The lowest BCUT2D eigenvalue weighted by molar-refractivity contribution is 0.967. The Balaban J connectivity index is 0.801. The zero-order chi connectivity index (χ0) is 57.8. The molecular formula is C81H53N7. The molecule has 1 aliphatic carbocycles. The number of hydrogen-bond acceptors (Lipinski definition) is 3. The summed E-state index contributed by atoms with van der Waals surface area (Å²) >= 11 is 0. The second-order valence-electron chi connectivity index (χ2n) is 23.0. The molecule has 0 atom stereocenters. The molecule has 0 fully saturated rings. The predicted molar refractivity (Wildman–Crippen MR) is 364 cm³/mol. The standard InChI is InChI=1S/C81H53N7/c1-2-21-52(22-3-1)79-82-80(84-81(83-79)57-26-20-28-59(49-57)85-70-36-11-4-29-61(70)62-30-5-12-37-71(62)85)56-25-18-23-53(47-56)54-43-46-77(88-75-41-16-9-33-65(75)66-34-10-17-42-76(66)88)69(50-54)55-24-19-27-58(48-55)87-74-40-15-8-35-67(74)68-45-44-60(51-78(68)87)86-72-38-13-6-31-63(72)64-32-7-14-39-73(64)86/h1-4,6-29,31-51H,5,30H2. The van der Waals surface area contributed by atoms with Gasteiger partial charge in [-0.25, -0.2) is 15.0 Å². The van der Waals surface area contributed by atoms with Gasteiger partial charge in [0.2, 0.25) is 0 Å². The van der Waals surface area contributed by atoms with Crippen LogP contribution in [0.1, 0.15) is 17.7 Å². The minimum Gasteiger partial charge on any atom is -0.310 e. The highest BCUT2D eigenvalue weighted by Gasteiger charge is 2.23. The van der Waals surface area contributed by atoms with Crippen LogP contribution in [0.5, 0.6) is 0 Å². The first-order chi connectivity index (χ1) is 43.6. The summed E-state index contributed by atoms with van der Waals surface area (Å²) in [7, 11) is 0. The Morgan fingerprint density at radius 2 is 0.682 bits per heavy atom. The Morgan fingerprint density at radius 3 is 1.30 bits per heavy atom. The first-order valence-electron chi connectivity index (χ1n) is 30.2. The summed E-state index contributed by atoms with van der Waals surface area (Å²) < 4.78 is 9.70. The van der Waals surface area contributed by atoms with Gasteiger partial charge in [0.05, 0.1) is 44.3 Å². The van der Waals surface area contributed by atoms with Crippen molar-refractivity contribution in [2.75, 3.05) is 0 Å². The molecule has 5 heterocycles. The van der Waals surface area contributed by atoms with E-state index in [0.717, 1.165) is 96.6 Å². The molecule has 412 valence electrons. The van der Waals surface area contributed by atoms with Gasteiger partial charge in [-0.2, -0.15) is 0 Å². The van der Waals surface area contributed by atoms with E-state index in [1.54, 1.807) is 0 Å². The molecule has 18 rings (SSSR count). The number of aromatic nitrogens is 7. The third kappa shape index (κ3) is 7.87. The van der Waals surface area contributed by atoms with Crippen LogP contribution in [0.2, 0.25) is 0 Å². The smallest absolute Gasteiger partial charge is 0.164 e. The van der Waals surface area contributed by atoms with Crippen molar-refractivity contribution in [2.45, 2.75) is 12.8 Å². The minimum atomic E-state index is 0.602. The fraction of sp³-hybridized carbons (Fsp3) is 0.0247. The number of rotatable bonds is 9. The van der Waals surface area contributed by atoms with Gasteiger partial charge >= 0.3 is 0 Å². The van der Waals surface area contributed by atoms with E-state index in [1.807, 2.05) is 18.2 Å². The van der Waals surface area contributed by atoms with Crippen LogP contribution in [0.15, 0.2) is 291 Å². The molecule has 88 heavy (non-hydrogen) atoms. The molecule has 0 bridgehead atoms. The zero-order valence-electron chi connectivity index (χ0n) is 47.8. The number of aryl methyl sites for hydroxylation is 1. The van der Waals surface area contributed by atoms with E-state index in [1.165, 1.54) is 65.5 Å². The Hall–Kier alpha value is -11.7. The quantitative estimate of drug-likeness (QED) is 0.145. The fourth-order valence-electron chi connectivity index (χ4n) is 14.2. The van der Waals surface area contributed by atoms with Gasteiger partial charge in [0.15, 0.2) is 17.5 Å². The first-order valence-corrected chi connectivity index (χ1v) is 30.2. The van der Waals surface area contributed by atoms with Crippen molar-refractivity contribution in [1.82, 2.24) is 33.2 Å². The molecular weight excluding hydrogens is 1070 g/mol. The molecule has 0 aliphatic heterocycles. The van der Waals surface area contributed by atoms with Crippen LogP contribution >= 0.6 is 0 Å². The summed E-state index contributed by atoms with van der Waals surface area (Å²) in [5, 5.41) is 8.63. The van der Waals surface area contributed by atoms with Crippen LogP contribution in [-0.2, 0) is 6.42 Å². The van der Waals surface area contributed by atoms with Gasteiger partial charge in [-0.15, -0.1) is 0 Å². The van der Waals surface area contributed by atoms with Gasteiger partial charge in [-0.05, 0) is 132 Å². The third-order valence-electron chi connectivity index (χ3n) is 18.1. The van der Waals surface area contributed by atoms with Crippen molar-refractivity contribution in [1.29, 1.82) is 0 Å². The number of benzene rings is 12. The van der Waals surface area contributed by atoms with E-state index in [0.29, 0.717) is 17.5 Å². The van der Waals surface area contributed by atoms with Gasteiger partial charge in [-0.1, -0.05) is 200 Å². The SMILES string of the molecule is C1=Cc2c(c3ccccc3n2-c2cccc(-c3nc(-c4ccccc4)nc(-c4cccc(-c5ccc(-n6c7ccccc7c7ccccc76)c(-c6cccc(-n7c8ccccc8c8ccc(-n9c%10ccccc%10c%10ccccc%109)cc87)c6)c5)c4)n3)c2)CC1. The molecule has 12 aromatic carbocycles. The van der Waals surface area contributed by atoms with E-state index < -0.39 is 0 Å². The van der Waals surface area contributed by atoms with E-state index in [9.17, 15) is 0 Å². The Bertz CT molecular complexity index is 5610. The van der Waals surface area contributed by atoms with Gasteiger partial charge in [0.25, 0.3) is 0 Å². The van der Waals surface area contributed by atoms with Crippen molar-refractivity contribution in [2.24, 2.45) is 0 Å². The molecule has 7 nitrogen and oxygen atoms in total. The van der Waals surface area contributed by atoms with E-state index >= 15 is 0 Å². The molecule has 7 heteroatoms. The Morgan fingerprint density at radius 1 is 0.261 bits per heavy atom. The van der Waals surface area contributed by atoms with Gasteiger partial charge < -0.3 is 18.3 Å². The van der Waals surface area contributed by atoms with Crippen LogP contribution in [0, 0.1) is 0 Å². The monoisotopic (exact) mass is 1120 g/mol. The van der Waals surface area contributed by atoms with Crippen LogP contribution < -0.4 is 0 Å². The molecule has 0 saturated carbocycles.